The fraction of sp³-hybridized carbons (Fsp3) is 0.333. The Morgan fingerprint density at radius 1 is 1.35 bits per heavy atom. The highest BCUT2D eigenvalue weighted by atomic mass is 35.5. The maximum absolute atomic E-state index is 12.7. The lowest BCUT2D eigenvalue weighted by Crippen LogP contribution is -2.38. The second kappa shape index (κ2) is 6.12. The van der Waals surface area contributed by atoms with E-state index in [0.717, 1.165) is 5.56 Å². The van der Waals surface area contributed by atoms with Crippen LogP contribution in [-0.4, -0.2) is 30.7 Å². The largest absolute Gasteiger partial charge is 0.243 e. The molecule has 5 heteroatoms. The van der Waals surface area contributed by atoms with Gasteiger partial charge in [-0.2, -0.15) is 4.31 Å². The van der Waals surface area contributed by atoms with Crippen molar-refractivity contribution in [1.29, 1.82) is 0 Å². The van der Waals surface area contributed by atoms with Crippen molar-refractivity contribution in [2.75, 3.05) is 6.54 Å². The third-order valence-corrected chi connectivity index (χ3v) is 5.54. The first-order chi connectivity index (χ1) is 9.45. The van der Waals surface area contributed by atoms with Crippen molar-refractivity contribution in [3.05, 3.63) is 54.6 Å². The number of halogens is 1. The highest BCUT2D eigenvalue weighted by Crippen LogP contribution is 2.26. The van der Waals surface area contributed by atoms with Crippen LogP contribution in [-0.2, 0) is 10.0 Å². The zero-order valence-electron chi connectivity index (χ0n) is 11.4. The normalized spacial score (nSPS) is 22.4. The molecular formula is C15H18ClNO2S. The summed E-state index contributed by atoms with van der Waals surface area (Å²) in [5.41, 5.74) is 1.03. The molecule has 1 aliphatic rings. The van der Waals surface area contributed by atoms with Crippen LogP contribution in [0.4, 0.5) is 0 Å². The molecule has 0 N–H and O–H groups in total. The van der Waals surface area contributed by atoms with E-state index in [1.54, 1.807) is 30.3 Å². The van der Waals surface area contributed by atoms with Gasteiger partial charge < -0.3 is 0 Å². The zero-order valence-corrected chi connectivity index (χ0v) is 12.9. The minimum Gasteiger partial charge on any atom is -0.207 e. The van der Waals surface area contributed by atoms with Crippen molar-refractivity contribution in [2.24, 2.45) is 0 Å². The van der Waals surface area contributed by atoms with Crippen LogP contribution >= 0.6 is 11.6 Å². The van der Waals surface area contributed by atoms with Crippen LogP contribution in [0.25, 0.3) is 0 Å². The first-order valence-corrected chi connectivity index (χ1v) is 8.34. The highest BCUT2D eigenvalue weighted by Gasteiger charge is 2.32. The van der Waals surface area contributed by atoms with Gasteiger partial charge in [-0.15, -0.1) is 18.2 Å². The lowest BCUT2D eigenvalue weighted by atomic mass is 10.2. The summed E-state index contributed by atoms with van der Waals surface area (Å²) in [4.78, 5) is 0.302. The summed E-state index contributed by atoms with van der Waals surface area (Å²) in [6.07, 6.45) is 5.89. The van der Waals surface area contributed by atoms with E-state index in [1.807, 2.05) is 19.1 Å². The molecule has 0 saturated heterocycles. The van der Waals surface area contributed by atoms with Crippen LogP contribution in [0.15, 0.2) is 54.0 Å². The first-order valence-electron chi connectivity index (χ1n) is 6.47. The fourth-order valence-electron chi connectivity index (χ4n) is 2.23. The monoisotopic (exact) mass is 311 g/mol. The molecule has 1 aromatic rings. The number of nitrogens with zero attached hydrogens (tertiary/aromatic N) is 1. The second-order valence-corrected chi connectivity index (χ2v) is 7.33. The zero-order chi connectivity index (χ0) is 14.8. The molecule has 2 atom stereocenters. The van der Waals surface area contributed by atoms with E-state index in [9.17, 15) is 8.42 Å². The van der Waals surface area contributed by atoms with Gasteiger partial charge >= 0.3 is 0 Å². The molecule has 0 unspecified atom stereocenters. The molecule has 0 heterocycles. The Kier molecular flexibility index (Phi) is 4.68. The van der Waals surface area contributed by atoms with Gasteiger partial charge in [-0.3, -0.25) is 0 Å². The topological polar surface area (TPSA) is 37.4 Å². The molecule has 0 amide bonds. The SMILES string of the molecule is C=CCN([C@H]1C=C[C@@H](Cl)C1)S(=O)(=O)c1ccc(C)cc1. The molecule has 0 spiro atoms. The number of hydrogen-bond acceptors (Lipinski definition) is 2. The van der Waals surface area contributed by atoms with Gasteiger partial charge in [-0.1, -0.05) is 35.9 Å². The van der Waals surface area contributed by atoms with Crippen molar-refractivity contribution in [3.8, 4) is 0 Å². The quantitative estimate of drug-likeness (QED) is 0.619. The van der Waals surface area contributed by atoms with Crippen LogP contribution in [0.2, 0.25) is 0 Å². The Morgan fingerprint density at radius 3 is 2.50 bits per heavy atom. The van der Waals surface area contributed by atoms with Gasteiger partial charge in [0, 0.05) is 12.6 Å². The first kappa shape index (κ1) is 15.3. The number of allylic oxidation sites excluding steroid dienone is 1. The molecule has 0 saturated carbocycles. The van der Waals surface area contributed by atoms with Crippen LogP contribution in [0.3, 0.4) is 0 Å². The molecule has 20 heavy (non-hydrogen) atoms. The number of rotatable bonds is 5. The molecule has 0 radical (unpaired) electrons. The van der Waals surface area contributed by atoms with E-state index in [-0.39, 0.29) is 18.0 Å². The van der Waals surface area contributed by atoms with Crippen LogP contribution in [0.1, 0.15) is 12.0 Å². The van der Waals surface area contributed by atoms with E-state index in [0.29, 0.717) is 11.3 Å². The molecule has 0 aromatic heterocycles. The van der Waals surface area contributed by atoms with Gasteiger partial charge in [-0.25, -0.2) is 8.42 Å². The van der Waals surface area contributed by atoms with Crippen molar-refractivity contribution in [2.45, 2.75) is 29.7 Å². The Labute approximate surface area is 125 Å². The average Bonchev–Trinajstić information content (AvgIpc) is 2.82. The summed E-state index contributed by atoms with van der Waals surface area (Å²) in [5.74, 6) is 0. The molecule has 0 fully saturated rings. The van der Waals surface area contributed by atoms with Crippen molar-refractivity contribution >= 4 is 21.6 Å². The predicted octanol–water partition coefficient (Wildman–Crippen LogP) is 3.11. The third-order valence-electron chi connectivity index (χ3n) is 3.32. The van der Waals surface area contributed by atoms with Crippen LogP contribution in [0, 0.1) is 6.92 Å². The molecule has 0 bridgehead atoms. The number of alkyl halides is 1. The fourth-order valence-corrected chi connectivity index (χ4v) is 4.07. The lowest BCUT2D eigenvalue weighted by Gasteiger charge is -2.26. The molecule has 1 aliphatic carbocycles. The van der Waals surface area contributed by atoms with Crippen LogP contribution in [0.5, 0.6) is 0 Å². The average molecular weight is 312 g/mol. The summed E-state index contributed by atoms with van der Waals surface area (Å²) in [6, 6.07) is 6.67. The third kappa shape index (κ3) is 3.14. The second-order valence-electron chi connectivity index (χ2n) is 4.88. The summed E-state index contributed by atoms with van der Waals surface area (Å²) in [7, 11) is -3.53. The standard InChI is InChI=1S/C15H18ClNO2S/c1-3-10-17(14-7-6-13(16)11-14)20(18,19)15-8-4-12(2)5-9-15/h3-9,13-14H,1,10-11H2,2H3/t13-,14+/m1/s1. The Bertz CT molecular complexity index is 607. The van der Waals surface area contributed by atoms with Gasteiger partial charge in [0.2, 0.25) is 10.0 Å². The summed E-state index contributed by atoms with van der Waals surface area (Å²) < 4.78 is 26.9. The van der Waals surface area contributed by atoms with Crippen molar-refractivity contribution in [3.63, 3.8) is 0 Å². The van der Waals surface area contributed by atoms with Crippen molar-refractivity contribution < 1.29 is 8.42 Å². The lowest BCUT2D eigenvalue weighted by molar-refractivity contribution is 0.386. The molecule has 108 valence electrons. The van der Waals surface area contributed by atoms with E-state index in [4.69, 9.17) is 11.6 Å². The summed E-state index contributed by atoms with van der Waals surface area (Å²) >= 11 is 6.03. The molecule has 2 rings (SSSR count). The summed E-state index contributed by atoms with van der Waals surface area (Å²) in [6.45, 7) is 5.85. The molecule has 3 nitrogen and oxygen atoms in total. The van der Waals surface area contributed by atoms with E-state index in [1.165, 1.54) is 4.31 Å². The van der Waals surface area contributed by atoms with Crippen molar-refractivity contribution in [1.82, 2.24) is 4.31 Å². The van der Waals surface area contributed by atoms with Gasteiger partial charge in [0.25, 0.3) is 0 Å². The maximum atomic E-state index is 12.7. The molecule has 1 aromatic carbocycles. The Hall–Kier alpha value is -1.10. The van der Waals surface area contributed by atoms with Gasteiger partial charge in [0.15, 0.2) is 0 Å². The number of benzene rings is 1. The smallest absolute Gasteiger partial charge is 0.207 e. The highest BCUT2D eigenvalue weighted by molar-refractivity contribution is 7.89. The van der Waals surface area contributed by atoms with E-state index >= 15 is 0 Å². The Morgan fingerprint density at radius 2 is 2.00 bits per heavy atom. The van der Waals surface area contributed by atoms with Crippen LogP contribution < -0.4 is 0 Å². The number of aryl methyl sites for hydroxylation is 1. The summed E-state index contributed by atoms with van der Waals surface area (Å²) in [5, 5.41) is -0.111. The van der Waals surface area contributed by atoms with Gasteiger partial charge in [0.05, 0.1) is 10.3 Å². The molecular weight excluding hydrogens is 294 g/mol. The van der Waals surface area contributed by atoms with Gasteiger partial charge in [0.1, 0.15) is 0 Å². The molecule has 0 aliphatic heterocycles. The van der Waals surface area contributed by atoms with E-state index < -0.39 is 10.0 Å². The predicted molar refractivity (Wildman–Crippen MR) is 82.5 cm³/mol. The minimum atomic E-state index is -3.53. The maximum Gasteiger partial charge on any atom is 0.243 e. The number of sulfonamides is 1. The van der Waals surface area contributed by atoms with Gasteiger partial charge in [-0.05, 0) is 25.5 Å². The minimum absolute atomic E-state index is 0.111. The van der Waals surface area contributed by atoms with E-state index in [2.05, 4.69) is 6.58 Å². The number of hydrogen-bond donors (Lipinski definition) is 0. The Balaban J connectivity index is 2.34.